The molecule has 0 aliphatic rings. The van der Waals surface area contributed by atoms with Gasteiger partial charge in [-0.2, -0.15) is 5.10 Å². The summed E-state index contributed by atoms with van der Waals surface area (Å²) in [6.07, 6.45) is 3.24. The Morgan fingerprint density at radius 1 is 1.24 bits per heavy atom. The lowest BCUT2D eigenvalue weighted by atomic mass is 10.1. The first-order valence-electron chi connectivity index (χ1n) is 9.25. The summed E-state index contributed by atoms with van der Waals surface area (Å²) in [7, 11) is 0. The molecule has 0 bridgehead atoms. The normalized spacial score (nSPS) is 13.4. The van der Waals surface area contributed by atoms with E-state index in [0.717, 1.165) is 22.5 Å². The van der Waals surface area contributed by atoms with Gasteiger partial charge in [0.1, 0.15) is 18.3 Å². The van der Waals surface area contributed by atoms with Crippen molar-refractivity contribution in [3.8, 4) is 0 Å². The molecule has 0 fully saturated rings. The number of aliphatic hydroxyl groups is 1. The Hall–Kier alpha value is -1.98. The van der Waals surface area contributed by atoms with Crippen molar-refractivity contribution in [2.24, 2.45) is 4.99 Å². The number of nitrogens with one attached hydrogen (secondary N) is 2. The monoisotopic (exact) mass is 526 g/mol. The quantitative estimate of drug-likeness (QED) is 0.239. The summed E-state index contributed by atoms with van der Waals surface area (Å²) in [6.45, 7) is 6.18. The fraction of sp³-hybridized carbons (Fsp3) is 0.350. The van der Waals surface area contributed by atoms with Gasteiger partial charge in [0, 0.05) is 11.4 Å². The number of thiophene rings is 1. The zero-order valence-electron chi connectivity index (χ0n) is 16.6. The number of nitrogens with zero attached hydrogens (tertiary/aromatic N) is 4. The lowest BCUT2D eigenvalue weighted by Gasteiger charge is -2.23. The first-order chi connectivity index (χ1) is 13.6. The number of benzene rings is 1. The number of aromatic nitrogens is 3. The molecule has 9 heteroatoms. The lowest BCUT2D eigenvalue weighted by Crippen LogP contribution is -2.44. The highest BCUT2D eigenvalue weighted by Gasteiger charge is 2.24. The van der Waals surface area contributed by atoms with E-state index in [1.807, 2.05) is 37.4 Å². The summed E-state index contributed by atoms with van der Waals surface area (Å²) in [6, 6.07) is 12.2. The molecular weight excluding hydrogens is 499 g/mol. The number of aliphatic imine (C=N–C) groups is 1. The minimum atomic E-state index is -0.942. The second-order valence-corrected chi connectivity index (χ2v) is 7.66. The molecule has 2 heterocycles. The number of halogens is 1. The maximum atomic E-state index is 10.7. The van der Waals surface area contributed by atoms with Crippen LogP contribution in [0.5, 0.6) is 0 Å². The van der Waals surface area contributed by atoms with Gasteiger partial charge in [0.2, 0.25) is 0 Å². The van der Waals surface area contributed by atoms with Crippen LogP contribution in [-0.2, 0) is 18.7 Å². The Morgan fingerprint density at radius 3 is 2.76 bits per heavy atom. The van der Waals surface area contributed by atoms with Gasteiger partial charge >= 0.3 is 0 Å². The van der Waals surface area contributed by atoms with Crippen molar-refractivity contribution in [2.45, 2.75) is 32.5 Å². The van der Waals surface area contributed by atoms with E-state index >= 15 is 0 Å². The highest BCUT2D eigenvalue weighted by molar-refractivity contribution is 14.0. The SMILES string of the molecule is CCNC(=NCc1cccc(Cn2cncn2)c1)NCC(C)(O)c1cccs1.I. The van der Waals surface area contributed by atoms with Crippen LogP contribution in [0.3, 0.4) is 0 Å². The molecular formula is C20H27IN6OS. The molecule has 1 unspecified atom stereocenters. The maximum absolute atomic E-state index is 10.7. The fourth-order valence-electron chi connectivity index (χ4n) is 2.77. The Balaban J connectivity index is 0.00000300. The molecule has 3 rings (SSSR count). The molecule has 1 atom stereocenters. The van der Waals surface area contributed by atoms with E-state index < -0.39 is 5.60 Å². The van der Waals surface area contributed by atoms with E-state index in [2.05, 4.69) is 43.9 Å². The van der Waals surface area contributed by atoms with Gasteiger partial charge in [-0.1, -0.05) is 30.3 Å². The second-order valence-electron chi connectivity index (χ2n) is 6.71. The molecule has 0 saturated carbocycles. The predicted molar refractivity (Wildman–Crippen MR) is 128 cm³/mol. The smallest absolute Gasteiger partial charge is 0.191 e. The van der Waals surface area contributed by atoms with E-state index in [4.69, 9.17) is 0 Å². The van der Waals surface area contributed by atoms with Crippen molar-refractivity contribution in [3.05, 3.63) is 70.4 Å². The molecule has 7 nitrogen and oxygen atoms in total. The fourth-order valence-corrected chi connectivity index (χ4v) is 3.55. The van der Waals surface area contributed by atoms with Gasteiger partial charge in [-0.05, 0) is 36.4 Å². The third-order valence-corrected chi connectivity index (χ3v) is 5.34. The molecule has 1 aromatic carbocycles. The Morgan fingerprint density at radius 2 is 2.07 bits per heavy atom. The average molecular weight is 526 g/mol. The van der Waals surface area contributed by atoms with Crippen molar-refractivity contribution in [3.63, 3.8) is 0 Å². The van der Waals surface area contributed by atoms with Crippen LogP contribution < -0.4 is 10.6 Å². The molecule has 0 saturated heterocycles. The molecule has 0 radical (unpaired) electrons. The zero-order valence-corrected chi connectivity index (χ0v) is 19.7. The van der Waals surface area contributed by atoms with Gasteiger partial charge in [-0.25, -0.2) is 14.7 Å². The molecule has 29 heavy (non-hydrogen) atoms. The first-order valence-corrected chi connectivity index (χ1v) is 10.1. The number of hydrogen-bond acceptors (Lipinski definition) is 5. The summed E-state index contributed by atoms with van der Waals surface area (Å²) < 4.78 is 1.79. The standard InChI is InChI=1S/C20H26N6OS.HI/c1-3-22-19(24-13-20(2,27)18-8-5-9-28-18)23-11-16-6-4-7-17(10-16)12-26-15-21-14-25-26;/h4-10,14-15,27H,3,11-13H2,1-2H3,(H2,22,23,24);1H. The van der Waals surface area contributed by atoms with Crippen LogP contribution in [0.4, 0.5) is 0 Å². The molecule has 0 spiro atoms. The Kier molecular flexibility index (Phi) is 9.05. The van der Waals surface area contributed by atoms with Gasteiger partial charge in [0.25, 0.3) is 0 Å². The highest BCUT2D eigenvalue weighted by atomic mass is 127. The van der Waals surface area contributed by atoms with Crippen molar-refractivity contribution in [1.29, 1.82) is 0 Å². The largest absolute Gasteiger partial charge is 0.383 e. The van der Waals surface area contributed by atoms with E-state index in [0.29, 0.717) is 25.6 Å². The van der Waals surface area contributed by atoms with Crippen LogP contribution in [-0.4, -0.2) is 38.9 Å². The third kappa shape index (κ3) is 7.09. The van der Waals surface area contributed by atoms with E-state index in [1.54, 1.807) is 22.3 Å². The number of rotatable bonds is 8. The van der Waals surface area contributed by atoms with Crippen LogP contribution in [0.1, 0.15) is 29.9 Å². The van der Waals surface area contributed by atoms with Crippen molar-refractivity contribution in [2.75, 3.05) is 13.1 Å². The average Bonchev–Trinajstić information content (AvgIpc) is 3.39. The minimum absolute atomic E-state index is 0. The third-order valence-electron chi connectivity index (χ3n) is 4.22. The summed E-state index contributed by atoms with van der Waals surface area (Å²) >= 11 is 1.55. The van der Waals surface area contributed by atoms with E-state index in [9.17, 15) is 5.11 Å². The maximum Gasteiger partial charge on any atom is 0.191 e. The van der Waals surface area contributed by atoms with E-state index in [1.165, 1.54) is 6.33 Å². The Labute approximate surface area is 192 Å². The summed E-state index contributed by atoms with van der Waals surface area (Å²) in [5.74, 6) is 0.681. The van der Waals surface area contributed by atoms with Crippen LogP contribution in [0.25, 0.3) is 0 Å². The molecule has 0 amide bonds. The second kappa shape index (κ2) is 11.3. The van der Waals surface area contributed by atoms with Gasteiger partial charge < -0.3 is 15.7 Å². The van der Waals surface area contributed by atoms with Crippen LogP contribution in [0.2, 0.25) is 0 Å². The van der Waals surface area contributed by atoms with Gasteiger partial charge in [0.05, 0.1) is 19.6 Å². The Bertz CT molecular complexity index is 880. The number of guanidine groups is 1. The first kappa shape index (κ1) is 23.3. The number of hydrogen-bond donors (Lipinski definition) is 3. The van der Waals surface area contributed by atoms with Crippen molar-refractivity contribution in [1.82, 2.24) is 25.4 Å². The van der Waals surface area contributed by atoms with Crippen molar-refractivity contribution < 1.29 is 5.11 Å². The molecule has 0 aliphatic heterocycles. The summed E-state index contributed by atoms with van der Waals surface area (Å²) in [4.78, 5) is 9.56. The van der Waals surface area contributed by atoms with E-state index in [-0.39, 0.29) is 24.0 Å². The molecule has 156 valence electrons. The minimum Gasteiger partial charge on any atom is -0.383 e. The van der Waals surface area contributed by atoms with Gasteiger partial charge in [0.15, 0.2) is 5.96 Å². The molecule has 2 aromatic heterocycles. The topological polar surface area (TPSA) is 87.4 Å². The predicted octanol–water partition coefficient (Wildman–Crippen LogP) is 2.97. The van der Waals surface area contributed by atoms with Gasteiger partial charge in [-0.15, -0.1) is 35.3 Å². The lowest BCUT2D eigenvalue weighted by molar-refractivity contribution is 0.0655. The van der Waals surface area contributed by atoms with Gasteiger partial charge in [-0.3, -0.25) is 0 Å². The van der Waals surface area contributed by atoms with Crippen LogP contribution in [0.15, 0.2) is 59.4 Å². The van der Waals surface area contributed by atoms with Crippen LogP contribution >= 0.6 is 35.3 Å². The summed E-state index contributed by atoms with van der Waals surface area (Å²) in [5.41, 5.74) is 1.32. The summed E-state index contributed by atoms with van der Waals surface area (Å²) in [5, 5.41) is 23.3. The van der Waals surface area contributed by atoms with Crippen molar-refractivity contribution >= 4 is 41.3 Å². The zero-order chi connectivity index (χ0) is 19.8. The molecule has 3 aromatic rings. The molecule has 3 N–H and O–H groups in total. The highest BCUT2D eigenvalue weighted by Crippen LogP contribution is 2.24. The van der Waals surface area contributed by atoms with Crippen LogP contribution in [0, 0.1) is 0 Å². The molecule has 0 aliphatic carbocycles.